The zero-order valence-electron chi connectivity index (χ0n) is 20.4. The average molecular weight is 463 g/mol. The summed E-state index contributed by atoms with van der Waals surface area (Å²) >= 11 is 0. The van der Waals surface area contributed by atoms with Gasteiger partial charge in [-0.3, -0.25) is 4.79 Å². The maximum Gasteiger partial charge on any atom is 0.350 e. The molecule has 0 saturated carbocycles. The van der Waals surface area contributed by atoms with Gasteiger partial charge < -0.3 is 19.4 Å². The van der Waals surface area contributed by atoms with Crippen LogP contribution in [0.25, 0.3) is 0 Å². The first-order valence-corrected chi connectivity index (χ1v) is 11.6. The number of Topliss-reactive ketones (excluding diaryl/α,β-unsaturated/α-hetero) is 1. The van der Waals surface area contributed by atoms with Crippen LogP contribution >= 0.6 is 0 Å². The molecule has 3 atom stereocenters. The minimum absolute atomic E-state index is 0.241. The number of aryl methyl sites for hydroxylation is 1. The van der Waals surface area contributed by atoms with Gasteiger partial charge in [-0.2, -0.15) is 0 Å². The van der Waals surface area contributed by atoms with E-state index in [2.05, 4.69) is 18.6 Å². The molecule has 1 aromatic rings. The van der Waals surface area contributed by atoms with E-state index >= 15 is 0 Å². The van der Waals surface area contributed by atoms with Gasteiger partial charge in [-0.15, -0.1) is 0 Å². The highest BCUT2D eigenvalue weighted by Gasteiger charge is 2.28. The molecule has 33 heavy (non-hydrogen) atoms. The Kier molecular flexibility index (Phi) is 12.4. The molecule has 1 aromatic heterocycles. The summed E-state index contributed by atoms with van der Waals surface area (Å²) in [5, 5.41) is 20.9. The summed E-state index contributed by atoms with van der Waals surface area (Å²) in [7, 11) is 1.29. The molecule has 0 aliphatic heterocycles. The number of ketones is 1. The number of hydrogen-bond donors (Lipinski definition) is 2. The summed E-state index contributed by atoms with van der Waals surface area (Å²) in [5.41, 5.74) is -0.378. The molecule has 0 saturated heterocycles. The van der Waals surface area contributed by atoms with Gasteiger partial charge >= 0.3 is 11.6 Å². The van der Waals surface area contributed by atoms with Crippen molar-refractivity contribution in [1.82, 2.24) is 0 Å². The molecule has 0 radical (unpaired) electrons. The third-order valence-electron chi connectivity index (χ3n) is 5.85. The summed E-state index contributed by atoms with van der Waals surface area (Å²) in [6, 6.07) is 1.26. The second-order valence-corrected chi connectivity index (χ2v) is 8.53. The van der Waals surface area contributed by atoms with E-state index in [9.17, 15) is 24.6 Å². The second-order valence-electron chi connectivity index (χ2n) is 8.53. The zero-order chi connectivity index (χ0) is 25.0. The van der Waals surface area contributed by atoms with Crippen LogP contribution in [0.15, 0.2) is 39.1 Å². The van der Waals surface area contributed by atoms with Gasteiger partial charge in [0.1, 0.15) is 17.1 Å². The molecular formula is C26H38O7. The highest BCUT2D eigenvalue weighted by Crippen LogP contribution is 2.24. The largest absolute Gasteiger partial charge is 0.507 e. The number of carbonyl (C=O) groups excluding carboxylic acids is 2. The Morgan fingerprint density at radius 1 is 1.21 bits per heavy atom. The molecule has 3 unspecified atom stereocenters. The van der Waals surface area contributed by atoms with Crippen molar-refractivity contribution < 1.29 is 29.0 Å². The Bertz CT molecular complexity index is 894. The van der Waals surface area contributed by atoms with Crippen molar-refractivity contribution in [3.8, 4) is 5.75 Å². The number of carbonyl (C=O) groups is 2. The van der Waals surface area contributed by atoms with Gasteiger partial charge in [-0.1, -0.05) is 57.8 Å². The maximum absolute atomic E-state index is 12.8. The first kappa shape index (κ1) is 28.4. The minimum Gasteiger partial charge on any atom is -0.507 e. The van der Waals surface area contributed by atoms with Crippen molar-refractivity contribution in [3.63, 3.8) is 0 Å². The number of ether oxygens (including phenoxy) is 1. The van der Waals surface area contributed by atoms with Crippen molar-refractivity contribution in [2.45, 2.75) is 78.7 Å². The van der Waals surface area contributed by atoms with E-state index in [0.29, 0.717) is 19.3 Å². The van der Waals surface area contributed by atoms with E-state index in [1.54, 1.807) is 12.2 Å². The molecule has 7 heteroatoms. The van der Waals surface area contributed by atoms with E-state index in [4.69, 9.17) is 4.42 Å². The second kappa shape index (κ2) is 14.5. The van der Waals surface area contributed by atoms with Gasteiger partial charge in [-0.25, -0.2) is 9.59 Å². The van der Waals surface area contributed by atoms with Crippen LogP contribution in [-0.2, 0) is 16.0 Å². The van der Waals surface area contributed by atoms with Crippen LogP contribution in [0.2, 0.25) is 0 Å². The number of allylic oxidation sites excluding steroid dienone is 2. The quantitative estimate of drug-likeness (QED) is 0.135. The molecule has 7 nitrogen and oxygen atoms in total. The standard InChI is InChI=1S/C26H38O7/c1-6-7-9-12-17(2)18(3)15-21(27)19(4)25(30)24-22(28)16-20(33-26(24)31)13-10-8-11-14-23(29)32-5/h11,14-17,19,21,27-28H,6-10,12-13H2,1-5H3. The fourth-order valence-corrected chi connectivity index (χ4v) is 3.41. The number of aliphatic hydroxyl groups excluding tert-OH is 1. The van der Waals surface area contributed by atoms with Crippen LogP contribution in [0.1, 0.15) is 82.3 Å². The number of rotatable bonds is 14. The number of methoxy groups -OCH3 is 1. The lowest BCUT2D eigenvalue weighted by Gasteiger charge is -2.18. The first-order chi connectivity index (χ1) is 15.6. The van der Waals surface area contributed by atoms with Crippen LogP contribution in [0.3, 0.4) is 0 Å². The summed E-state index contributed by atoms with van der Waals surface area (Å²) < 4.78 is 9.71. The highest BCUT2D eigenvalue weighted by atomic mass is 16.5. The van der Waals surface area contributed by atoms with E-state index < -0.39 is 40.7 Å². The summed E-state index contributed by atoms with van der Waals surface area (Å²) in [6.45, 7) is 7.69. The molecule has 0 fully saturated rings. The van der Waals surface area contributed by atoms with Gasteiger partial charge in [0, 0.05) is 24.5 Å². The van der Waals surface area contributed by atoms with Crippen molar-refractivity contribution >= 4 is 11.8 Å². The highest BCUT2D eigenvalue weighted by molar-refractivity contribution is 6.00. The van der Waals surface area contributed by atoms with E-state index in [1.807, 2.05) is 6.92 Å². The third-order valence-corrected chi connectivity index (χ3v) is 5.85. The fourth-order valence-electron chi connectivity index (χ4n) is 3.41. The molecule has 0 aliphatic carbocycles. The van der Waals surface area contributed by atoms with Crippen molar-refractivity contribution in [3.05, 3.63) is 51.6 Å². The van der Waals surface area contributed by atoms with Gasteiger partial charge in [0.15, 0.2) is 5.78 Å². The molecule has 2 N–H and O–H groups in total. The van der Waals surface area contributed by atoms with Gasteiger partial charge in [0.2, 0.25) is 0 Å². The Hall–Kier alpha value is -2.67. The number of hydrogen-bond acceptors (Lipinski definition) is 7. The third kappa shape index (κ3) is 9.38. The Morgan fingerprint density at radius 3 is 2.52 bits per heavy atom. The van der Waals surface area contributed by atoms with E-state index in [-0.39, 0.29) is 11.7 Å². The summed E-state index contributed by atoms with van der Waals surface area (Å²) in [4.78, 5) is 36.3. The van der Waals surface area contributed by atoms with Crippen molar-refractivity contribution in [2.24, 2.45) is 11.8 Å². The predicted molar refractivity (Wildman–Crippen MR) is 127 cm³/mol. The van der Waals surface area contributed by atoms with Gasteiger partial charge in [0.05, 0.1) is 13.2 Å². The topological polar surface area (TPSA) is 114 Å². The molecule has 0 spiro atoms. The predicted octanol–water partition coefficient (Wildman–Crippen LogP) is 4.74. The monoisotopic (exact) mass is 462 g/mol. The Morgan fingerprint density at radius 2 is 1.91 bits per heavy atom. The first-order valence-electron chi connectivity index (χ1n) is 11.6. The number of unbranched alkanes of at least 4 members (excludes halogenated alkanes) is 3. The lowest BCUT2D eigenvalue weighted by atomic mass is 9.90. The number of aliphatic hydroxyl groups is 1. The molecule has 1 rings (SSSR count). The lowest BCUT2D eigenvalue weighted by Crippen LogP contribution is -2.28. The zero-order valence-corrected chi connectivity index (χ0v) is 20.4. The van der Waals surface area contributed by atoms with Crippen LogP contribution in [-0.4, -0.2) is 35.2 Å². The van der Waals surface area contributed by atoms with Crippen LogP contribution in [0.5, 0.6) is 5.75 Å². The molecule has 0 amide bonds. The molecule has 0 aliphatic rings. The molecule has 184 valence electrons. The number of esters is 1. The molecular weight excluding hydrogens is 424 g/mol. The number of aromatic hydroxyl groups is 1. The minimum atomic E-state index is -1.08. The van der Waals surface area contributed by atoms with Gasteiger partial charge in [0.25, 0.3) is 0 Å². The Labute approximate surface area is 196 Å². The fraction of sp³-hybridized carbons (Fsp3) is 0.577. The average Bonchev–Trinajstić information content (AvgIpc) is 2.77. The van der Waals surface area contributed by atoms with Crippen molar-refractivity contribution in [2.75, 3.05) is 7.11 Å². The van der Waals surface area contributed by atoms with Crippen molar-refractivity contribution in [1.29, 1.82) is 0 Å². The molecule has 1 heterocycles. The summed E-state index contributed by atoms with van der Waals surface area (Å²) in [6.07, 6.45) is 9.41. The molecule has 0 aromatic carbocycles. The summed E-state index contributed by atoms with van der Waals surface area (Å²) in [5.74, 6) is -1.95. The normalized spacial score (nSPS) is 14.8. The lowest BCUT2D eigenvalue weighted by molar-refractivity contribution is -0.134. The van der Waals surface area contributed by atoms with Crippen LogP contribution in [0, 0.1) is 11.8 Å². The maximum atomic E-state index is 12.8. The van der Waals surface area contributed by atoms with Gasteiger partial charge in [-0.05, 0) is 32.1 Å². The Balaban J connectivity index is 2.82. The van der Waals surface area contributed by atoms with Crippen LogP contribution in [0.4, 0.5) is 0 Å². The smallest absolute Gasteiger partial charge is 0.350 e. The van der Waals surface area contributed by atoms with Crippen LogP contribution < -0.4 is 5.63 Å². The van der Waals surface area contributed by atoms with E-state index in [0.717, 1.165) is 31.3 Å². The molecule has 0 bridgehead atoms. The van der Waals surface area contributed by atoms with E-state index in [1.165, 1.54) is 26.2 Å². The SMILES string of the molecule is CCCCCC(C)C(C)=CC(O)C(C)C(=O)c1c(O)cc(CCCC=CC(=O)OC)oc1=O.